The summed E-state index contributed by atoms with van der Waals surface area (Å²) >= 11 is 0. The molecule has 0 aromatic heterocycles. The smallest absolute Gasteiger partial charge is 0.253 e. The van der Waals surface area contributed by atoms with Crippen LogP contribution in [0.1, 0.15) is 23.2 Å². The Hall–Kier alpha value is -3.41. The Morgan fingerprint density at radius 2 is 1.68 bits per heavy atom. The van der Waals surface area contributed by atoms with Gasteiger partial charge >= 0.3 is 0 Å². The zero-order chi connectivity index (χ0) is 21.6. The van der Waals surface area contributed by atoms with Crippen LogP contribution in [0.15, 0.2) is 66.7 Å². The summed E-state index contributed by atoms with van der Waals surface area (Å²) in [5.41, 5.74) is 0.468. The van der Waals surface area contributed by atoms with E-state index >= 15 is 0 Å². The van der Waals surface area contributed by atoms with Gasteiger partial charge in [-0.15, -0.1) is 0 Å². The molecule has 0 unspecified atom stereocenters. The van der Waals surface area contributed by atoms with Crippen molar-refractivity contribution in [1.82, 2.24) is 10.2 Å². The fourth-order valence-electron chi connectivity index (χ4n) is 3.86. The lowest BCUT2D eigenvalue weighted by atomic mass is 9.95. The van der Waals surface area contributed by atoms with Gasteiger partial charge in [0.15, 0.2) is 0 Å². The Kier molecular flexibility index (Phi) is 6.46. The van der Waals surface area contributed by atoms with Crippen LogP contribution in [0.25, 0.3) is 10.8 Å². The van der Waals surface area contributed by atoms with Crippen molar-refractivity contribution in [2.24, 2.45) is 5.92 Å². The lowest BCUT2D eigenvalue weighted by molar-refractivity contribution is -0.126. The maximum absolute atomic E-state index is 13.0. The maximum Gasteiger partial charge on any atom is 0.253 e. The molecule has 31 heavy (non-hydrogen) atoms. The first-order chi connectivity index (χ1) is 15.1. The van der Waals surface area contributed by atoms with Gasteiger partial charge in [0.2, 0.25) is 5.91 Å². The molecule has 1 N–H and O–H groups in total. The van der Waals surface area contributed by atoms with Gasteiger partial charge < -0.3 is 15.0 Å². The zero-order valence-corrected chi connectivity index (χ0v) is 17.2. The van der Waals surface area contributed by atoms with E-state index in [9.17, 15) is 14.0 Å². The molecule has 3 aromatic rings. The topological polar surface area (TPSA) is 58.6 Å². The van der Waals surface area contributed by atoms with Crippen LogP contribution in [0.3, 0.4) is 0 Å². The molecule has 1 aliphatic rings. The molecule has 160 valence electrons. The van der Waals surface area contributed by atoms with Crippen molar-refractivity contribution in [2.75, 3.05) is 26.2 Å². The minimum atomic E-state index is -0.364. The highest BCUT2D eigenvalue weighted by Crippen LogP contribution is 2.21. The van der Waals surface area contributed by atoms with Crippen molar-refractivity contribution in [2.45, 2.75) is 12.8 Å². The second kappa shape index (κ2) is 9.60. The van der Waals surface area contributed by atoms with Gasteiger partial charge in [-0.05, 0) is 60.0 Å². The molecule has 1 heterocycles. The predicted octanol–water partition coefficient (Wildman–Crippen LogP) is 4.03. The highest BCUT2D eigenvalue weighted by molar-refractivity contribution is 5.94. The maximum atomic E-state index is 13.0. The summed E-state index contributed by atoms with van der Waals surface area (Å²) in [5.74, 6) is 0.175. The third-order valence-electron chi connectivity index (χ3n) is 5.64. The van der Waals surface area contributed by atoms with Crippen molar-refractivity contribution in [3.05, 3.63) is 78.1 Å². The van der Waals surface area contributed by atoms with E-state index in [0.29, 0.717) is 44.6 Å². The van der Waals surface area contributed by atoms with E-state index in [4.69, 9.17) is 4.74 Å². The summed E-state index contributed by atoms with van der Waals surface area (Å²) in [7, 11) is 0. The Labute approximate surface area is 180 Å². The number of nitrogens with zero attached hydrogens (tertiary/aromatic N) is 1. The van der Waals surface area contributed by atoms with E-state index in [-0.39, 0.29) is 23.5 Å². The lowest BCUT2D eigenvalue weighted by Crippen LogP contribution is -2.43. The molecule has 0 saturated carbocycles. The number of carbonyl (C=O) groups is 2. The average Bonchev–Trinajstić information content (AvgIpc) is 2.82. The summed E-state index contributed by atoms with van der Waals surface area (Å²) in [4.78, 5) is 26.7. The number of halogens is 1. The number of piperidine rings is 1. The molecule has 1 saturated heterocycles. The monoisotopic (exact) mass is 420 g/mol. The third-order valence-corrected chi connectivity index (χ3v) is 5.64. The number of benzene rings is 3. The van der Waals surface area contributed by atoms with Gasteiger partial charge in [0.25, 0.3) is 5.91 Å². The fourth-order valence-corrected chi connectivity index (χ4v) is 3.86. The summed E-state index contributed by atoms with van der Waals surface area (Å²) in [6, 6.07) is 19.6. The van der Waals surface area contributed by atoms with Crippen LogP contribution < -0.4 is 10.1 Å². The number of carbonyl (C=O) groups excluding carboxylic acids is 2. The molecular weight excluding hydrogens is 395 g/mol. The molecule has 6 heteroatoms. The first-order valence-electron chi connectivity index (χ1n) is 10.5. The first-order valence-corrected chi connectivity index (χ1v) is 10.5. The van der Waals surface area contributed by atoms with Crippen LogP contribution in [0.4, 0.5) is 4.39 Å². The van der Waals surface area contributed by atoms with E-state index in [1.807, 2.05) is 36.4 Å². The van der Waals surface area contributed by atoms with E-state index < -0.39 is 0 Å². The number of hydrogen-bond acceptors (Lipinski definition) is 3. The van der Waals surface area contributed by atoms with E-state index in [2.05, 4.69) is 11.4 Å². The highest BCUT2D eigenvalue weighted by atomic mass is 19.1. The van der Waals surface area contributed by atoms with Crippen molar-refractivity contribution >= 4 is 22.6 Å². The molecule has 3 aromatic carbocycles. The molecule has 0 atom stereocenters. The lowest BCUT2D eigenvalue weighted by Gasteiger charge is -2.31. The Balaban J connectivity index is 1.19. The van der Waals surface area contributed by atoms with Gasteiger partial charge in [-0.25, -0.2) is 4.39 Å². The normalized spacial score (nSPS) is 14.4. The number of likely N-dealkylation sites (tertiary alicyclic amines) is 1. The van der Waals surface area contributed by atoms with Gasteiger partial charge in [0, 0.05) is 24.6 Å². The van der Waals surface area contributed by atoms with Crippen LogP contribution in [-0.4, -0.2) is 43.0 Å². The number of rotatable bonds is 6. The second-order valence-electron chi connectivity index (χ2n) is 7.72. The SMILES string of the molecule is O=C(NCCOc1ccc2ccccc2c1)C1CCN(C(=O)c2ccc(F)cc2)CC1. The van der Waals surface area contributed by atoms with Crippen LogP contribution >= 0.6 is 0 Å². The van der Waals surface area contributed by atoms with E-state index in [0.717, 1.165) is 16.5 Å². The number of amides is 2. The molecule has 2 amide bonds. The van der Waals surface area contributed by atoms with Crippen LogP contribution in [0.2, 0.25) is 0 Å². The van der Waals surface area contributed by atoms with Gasteiger partial charge in [-0.3, -0.25) is 9.59 Å². The predicted molar refractivity (Wildman–Crippen MR) is 117 cm³/mol. The van der Waals surface area contributed by atoms with Crippen molar-refractivity contribution in [3.8, 4) is 5.75 Å². The number of fused-ring (bicyclic) bond motifs is 1. The molecule has 0 spiro atoms. The Bertz CT molecular complexity index is 1060. The standard InChI is InChI=1S/C25H25FN2O3/c26-22-8-5-20(6-9-22)25(30)28-14-11-19(12-15-28)24(29)27-13-16-31-23-10-7-18-3-1-2-4-21(18)17-23/h1-10,17,19H,11-16H2,(H,27,29). The number of ether oxygens (including phenoxy) is 1. The largest absolute Gasteiger partial charge is 0.492 e. The second-order valence-corrected chi connectivity index (χ2v) is 7.72. The van der Waals surface area contributed by atoms with Gasteiger partial charge in [0.1, 0.15) is 18.2 Å². The molecular formula is C25H25FN2O3. The Morgan fingerprint density at radius 1 is 0.968 bits per heavy atom. The van der Waals surface area contributed by atoms with Crippen molar-refractivity contribution < 1.29 is 18.7 Å². The quantitative estimate of drug-likeness (QED) is 0.613. The molecule has 1 aliphatic heterocycles. The molecule has 5 nitrogen and oxygen atoms in total. The summed E-state index contributed by atoms with van der Waals surface area (Å²) < 4.78 is 18.8. The minimum absolute atomic E-state index is 0.00371. The van der Waals surface area contributed by atoms with Crippen molar-refractivity contribution in [3.63, 3.8) is 0 Å². The van der Waals surface area contributed by atoms with Gasteiger partial charge in [-0.1, -0.05) is 30.3 Å². The molecule has 0 aliphatic carbocycles. The zero-order valence-electron chi connectivity index (χ0n) is 17.2. The third kappa shape index (κ3) is 5.20. The van der Waals surface area contributed by atoms with Crippen LogP contribution in [0, 0.1) is 11.7 Å². The number of nitrogens with one attached hydrogen (secondary N) is 1. The van der Waals surface area contributed by atoms with Crippen LogP contribution in [0.5, 0.6) is 5.75 Å². The summed E-state index contributed by atoms with van der Waals surface area (Å²) in [6.07, 6.45) is 1.23. The highest BCUT2D eigenvalue weighted by Gasteiger charge is 2.27. The van der Waals surface area contributed by atoms with E-state index in [1.165, 1.54) is 24.3 Å². The molecule has 4 rings (SSSR count). The summed E-state index contributed by atoms with van der Waals surface area (Å²) in [5, 5.41) is 5.21. The molecule has 0 bridgehead atoms. The average molecular weight is 420 g/mol. The van der Waals surface area contributed by atoms with Crippen LogP contribution in [-0.2, 0) is 4.79 Å². The minimum Gasteiger partial charge on any atom is -0.492 e. The Morgan fingerprint density at radius 3 is 2.42 bits per heavy atom. The molecule has 1 fully saturated rings. The summed E-state index contributed by atoms with van der Waals surface area (Å²) in [6.45, 7) is 1.86. The van der Waals surface area contributed by atoms with Crippen molar-refractivity contribution in [1.29, 1.82) is 0 Å². The first kappa shape index (κ1) is 20.8. The van der Waals surface area contributed by atoms with Gasteiger partial charge in [0.05, 0.1) is 6.54 Å². The van der Waals surface area contributed by atoms with E-state index in [1.54, 1.807) is 4.90 Å². The number of hydrogen-bond donors (Lipinski definition) is 1. The van der Waals surface area contributed by atoms with Gasteiger partial charge in [-0.2, -0.15) is 0 Å². The fraction of sp³-hybridized carbons (Fsp3) is 0.280. The molecule has 0 radical (unpaired) electrons.